The summed E-state index contributed by atoms with van der Waals surface area (Å²) < 4.78 is 26.3. The summed E-state index contributed by atoms with van der Waals surface area (Å²) >= 11 is 0. The fourth-order valence-electron chi connectivity index (χ4n) is 4.10. The Hall–Kier alpha value is -1.15. The molecule has 2 heterocycles. The molecule has 6 nitrogen and oxygen atoms in total. The maximum atomic E-state index is 12.5. The van der Waals surface area contributed by atoms with E-state index in [1.807, 2.05) is 13.8 Å². The van der Waals surface area contributed by atoms with E-state index in [0.717, 1.165) is 18.4 Å². The number of rotatable bonds is 7. The third kappa shape index (κ3) is 5.47. The molecule has 2 N–H and O–H groups in total. The van der Waals surface area contributed by atoms with Crippen molar-refractivity contribution in [2.75, 3.05) is 7.05 Å². The normalized spacial score (nSPS) is 24.2. The van der Waals surface area contributed by atoms with Gasteiger partial charge in [0.1, 0.15) is 0 Å². The quantitative estimate of drug-likeness (QED) is 0.698. The number of hydrogen-bond donors (Lipinski definition) is 2. The number of fused-ring (bicyclic) bond motifs is 2. The minimum Gasteiger partial charge on any atom is -0.352 e. The molecule has 8 heteroatoms. The topological polar surface area (TPSA) is 78.5 Å². The molecule has 2 unspecified atom stereocenters. The Kier molecular flexibility index (Phi) is 7.90. The monoisotopic (exact) mass is 429 g/mol. The molecule has 158 valence electrons. The SMILES string of the molecule is CC(C)N(C)S(=O)(=O)c1ccc(CNC(=O)CC2CC3CCC(C2)N3)cc1.Cl. The van der Waals surface area contributed by atoms with Crippen LogP contribution in [0.15, 0.2) is 29.2 Å². The first-order chi connectivity index (χ1) is 12.8. The molecule has 2 bridgehead atoms. The number of carbonyl (C=O) groups is 1. The van der Waals surface area contributed by atoms with Crippen LogP contribution in [0.25, 0.3) is 0 Å². The molecule has 2 saturated heterocycles. The summed E-state index contributed by atoms with van der Waals surface area (Å²) in [5, 5.41) is 6.58. The fourth-order valence-corrected chi connectivity index (χ4v) is 5.47. The lowest BCUT2D eigenvalue weighted by molar-refractivity contribution is -0.122. The lowest BCUT2D eigenvalue weighted by Crippen LogP contribution is -2.39. The van der Waals surface area contributed by atoms with Crippen LogP contribution in [0.4, 0.5) is 0 Å². The first-order valence-corrected chi connectivity index (χ1v) is 11.3. The van der Waals surface area contributed by atoms with Gasteiger partial charge in [0, 0.05) is 38.1 Å². The van der Waals surface area contributed by atoms with Crippen molar-refractivity contribution < 1.29 is 13.2 Å². The summed E-state index contributed by atoms with van der Waals surface area (Å²) in [4.78, 5) is 12.6. The van der Waals surface area contributed by atoms with Crippen molar-refractivity contribution in [2.45, 2.75) is 75.5 Å². The Morgan fingerprint density at radius 2 is 1.75 bits per heavy atom. The Labute approximate surface area is 174 Å². The second kappa shape index (κ2) is 9.57. The van der Waals surface area contributed by atoms with E-state index in [0.29, 0.717) is 31.0 Å². The fraction of sp³-hybridized carbons (Fsp3) is 0.650. The van der Waals surface area contributed by atoms with Crippen molar-refractivity contribution in [2.24, 2.45) is 5.92 Å². The summed E-state index contributed by atoms with van der Waals surface area (Å²) in [6.45, 7) is 4.11. The van der Waals surface area contributed by atoms with E-state index in [1.54, 1.807) is 31.3 Å². The Balaban J connectivity index is 0.00000280. The van der Waals surface area contributed by atoms with Crippen LogP contribution in [0.3, 0.4) is 0 Å². The zero-order valence-corrected chi connectivity index (χ0v) is 18.5. The molecule has 0 aromatic heterocycles. The predicted octanol–water partition coefficient (Wildman–Crippen LogP) is 2.67. The van der Waals surface area contributed by atoms with Crippen LogP contribution < -0.4 is 10.6 Å². The average molecular weight is 430 g/mol. The number of sulfonamides is 1. The van der Waals surface area contributed by atoms with Crippen molar-refractivity contribution in [1.82, 2.24) is 14.9 Å². The molecule has 2 aliphatic heterocycles. The first kappa shape index (κ1) is 23.1. The highest BCUT2D eigenvalue weighted by atomic mass is 35.5. The van der Waals surface area contributed by atoms with E-state index in [2.05, 4.69) is 10.6 Å². The van der Waals surface area contributed by atoms with Crippen molar-refractivity contribution in [3.63, 3.8) is 0 Å². The maximum Gasteiger partial charge on any atom is 0.243 e. The number of amides is 1. The highest BCUT2D eigenvalue weighted by molar-refractivity contribution is 7.89. The van der Waals surface area contributed by atoms with Gasteiger partial charge in [-0.3, -0.25) is 4.79 Å². The summed E-state index contributed by atoms with van der Waals surface area (Å²) in [7, 11) is -1.89. The van der Waals surface area contributed by atoms with Gasteiger partial charge in [0.15, 0.2) is 0 Å². The van der Waals surface area contributed by atoms with Gasteiger partial charge < -0.3 is 10.6 Å². The molecule has 1 amide bonds. The van der Waals surface area contributed by atoms with E-state index in [1.165, 1.54) is 17.1 Å². The standard InChI is InChI=1S/C20H31N3O3S.ClH/c1-14(2)23(3)27(25,26)19-8-4-15(5-9-19)13-21-20(24)12-16-10-17-6-7-18(11-16)22-17;/h4-5,8-9,14,16-18,22H,6-7,10-13H2,1-3H3,(H,21,24);1H. The molecular weight excluding hydrogens is 398 g/mol. The molecule has 2 fully saturated rings. The van der Waals surface area contributed by atoms with Gasteiger partial charge in [-0.05, 0) is 63.1 Å². The third-order valence-electron chi connectivity index (χ3n) is 5.86. The maximum absolute atomic E-state index is 12.5. The first-order valence-electron chi connectivity index (χ1n) is 9.85. The molecule has 1 aromatic rings. The molecule has 2 aliphatic rings. The van der Waals surface area contributed by atoms with Gasteiger partial charge >= 0.3 is 0 Å². The number of nitrogens with zero attached hydrogens (tertiary/aromatic N) is 1. The van der Waals surface area contributed by atoms with Crippen LogP contribution in [0.1, 0.15) is 51.5 Å². The Bertz CT molecular complexity index is 755. The van der Waals surface area contributed by atoms with Crippen LogP contribution in [0.2, 0.25) is 0 Å². The van der Waals surface area contributed by atoms with E-state index in [-0.39, 0.29) is 29.3 Å². The van der Waals surface area contributed by atoms with E-state index in [9.17, 15) is 13.2 Å². The van der Waals surface area contributed by atoms with Gasteiger partial charge in [-0.15, -0.1) is 12.4 Å². The number of benzene rings is 1. The third-order valence-corrected chi connectivity index (χ3v) is 7.91. The minimum absolute atomic E-state index is 0. The smallest absolute Gasteiger partial charge is 0.243 e. The summed E-state index contributed by atoms with van der Waals surface area (Å²) in [6, 6.07) is 7.86. The van der Waals surface area contributed by atoms with Crippen molar-refractivity contribution in [3.05, 3.63) is 29.8 Å². The van der Waals surface area contributed by atoms with Crippen molar-refractivity contribution >= 4 is 28.3 Å². The molecule has 0 radical (unpaired) electrons. The van der Waals surface area contributed by atoms with E-state index < -0.39 is 10.0 Å². The lowest BCUT2D eigenvalue weighted by Gasteiger charge is -2.28. The highest BCUT2D eigenvalue weighted by Gasteiger charge is 2.34. The number of carbonyl (C=O) groups excluding carboxylic acids is 1. The summed E-state index contributed by atoms with van der Waals surface area (Å²) in [5.41, 5.74) is 0.903. The number of halogens is 1. The van der Waals surface area contributed by atoms with Crippen molar-refractivity contribution in [1.29, 1.82) is 0 Å². The van der Waals surface area contributed by atoms with Crippen LogP contribution in [0.5, 0.6) is 0 Å². The van der Waals surface area contributed by atoms with Crippen LogP contribution >= 0.6 is 12.4 Å². The van der Waals surface area contributed by atoms with E-state index >= 15 is 0 Å². The largest absolute Gasteiger partial charge is 0.352 e. The lowest BCUT2D eigenvalue weighted by atomic mass is 9.89. The number of hydrogen-bond acceptors (Lipinski definition) is 4. The second-order valence-electron chi connectivity index (χ2n) is 8.22. The van der Waals surface area contributed by atoms with Crippen molar-refractivity contribution in [3.8, 4) is 0 Å². The van der Waals surface area contributed by atoms with Gasteiger partial charge in [-0.1, -0.05) is 12.1 Å². The van der Waals surface area contributed by atoms with E-state index in [4.69, 9.17) is 0 Å². The molecule has 0 aliphatic carbocycles. The van der Waals surface area contributed by atoms with Crippen LogP contribution in [-0.4, -0.2) is 43.8 Å². The molecule has 2 atom stereocenters. The van der Waals surface area contributed by atoms with Crippen LogP contribution in [-0.2, 0) is 21.4 Å². The molecule has 1 aromatic carbocycles. The van der Waals surface area contributed by atoms with Gasteiger partial charge in [-0.2, -0.15) is 4.31 Å². The number of nitrogens with one attached hydrogen (secondary N) is 2. The minimum atomic E-state index is -3.47. The zero-order chi connectivity index (χ0) is 19.6. The van der Waals surface area contributed by atoms with Gasteiger partial charge in [0.05, 0.1) is 4.90 Å². The molecule has 3 rings (SSSR count). The molecule has 0 saturated carbocycles. The zero-order valence-electron chi connectivity index (χ0n) is 16.8. The summed E-state index contributed by atoms with van der Waals surface area (Å²) in [5.74, 6) is 0.556. The summed E-state index contributed by atoms with van der Waals surface area (Å²) in [6.07, 6.45) is 5.26. The highest BCUT2D eigenvalue weighted by Crippen LogP contribution is 2.32. The predicted molar refractivity (Wildman–Crippen MR) is 113 cm³/mol. The molecule has 0 spiro atoms. The second-order valence-corrected chi connectivity index (χ2v) is 10.2. The Morgan fingerprint density at radius 3 is 2.29 bits per heavy atom. The van der Waals surface area contributed by atoms with Gasteiger partial charge in [0.2, 0.25) is 15.9 Å². The molecule has 28 heavy (non-hydrogen) atoms. The molecular formula is C20H32ClN3O3S. The number of piperidine rings is 1. The average Bonchev–Trinajstić information content (AvgIpc) is 2.98. The van der Waals surface area contributed by atoms with Crippen LogP contribution in [0, 0.1) is 5.92 Å². The van der Waals surface area contributed by atoms with Gasteiger partial charge in [0.25, 0.3) is 0 Å². The Morgan fingerprint density at radius 1 is 1.18 bits per heavy atom. The van der Waals surface area contributed by atoms with Gasteiger partial charge in [-0.25, -0.2) is 8.42 Å².